The molecule has 0 aliphatic heterocycles. The van der Waals surface area contributed by atoms with E-state index in [0.717, 1.165) is 5.56 Å². The van der Waals surface area contributed by atoms with E-state index in [4.69, 9.17) is 32.7 Å². The molecule has 2 aromatic carbocycles. The van der Waals surface area contributed by atoms with Gasteiger partial charge in [0.2, 0.25) is 0 Å². The molecule has 26 heavy (non-hydrogen) atoms. The van der Waals surface area contributed by atoms with Crippen molar-refractivity contribution >= 4 is 29.2 Å². The van der Waals surface area contributed by atoms with Crippen LogP contribution in [0.15, 0.2) is 71.2 Å². The summed E-state index contributed by atoms with van der Waals surface area (Å²) in [4.78, 5) is 12.8. The molecule has 1 fully saturated rings. The Hall–Kier alpha value is -1.97. The Morgan fingerprint density at radius 3 is 2.19 bits per heavy atom. The van der Waals surface area contributed by atoms with Crippen molar-refractivity contribution in [1.29, 1.82) is 0 Å². The first-order chi connectivity index (χ1) is 12.4. The summed E-state index contributed by atoms with van der Waals surface area (Å²) in [6, 6.07) is 18.7. The molecule has 3 rings (SSSR count). The smallest absolute Gasteiger partial charge is 0.313 e. The van der Waals surface area contributed by atoms with Crippen LogP contribution in [-0.4, -0.2) is 5.97 Å². The van der Waals surface area contributed by atoms with E-state index in [1.54, 1.807) is 6.08 Å². The highest BCUT2D eigenvalue weighted by molar-refractivity contribution is 6.55. The fraction of sp³-hybridized carbons (Fsp3) is 0.286. The summed E-state index contributed by atoms with van der Waals surface area (Å²) < 4.78 is 11.8. The maximum atomic E-state index is 12.8. The second-order valence-electron chi connectivity index (χ2n) is 6.89. The molecule has 1 unspecified atom stereocenters. The third kappa shape index (κ3) is 4.22. The largest absolute Gasteiger partial charge is 0.450 e. The van der Waals surface area contributed by atoms with Gasteiger partial charge in [0.1, 0.15) is 10.2 Å². The van der Waals surface area contributed by atoms with Crippen LogP contribution in [0.25, 0.3) is 0 Å². The molecule has 0 amide bonds. The van der Waals surface area contributed by atoms with Gasteiger partial charge in [-0.2, -0.15) is 0 Å². The molecule has 1 aliphatic rings. The van der Waals surface area contributed by atoms with Crippen molar-refractivity contribution in [3.8, 4) is 5.75 Å². The van der Waals surface area contributed by atoms with Crippen LogP contribution in [0.5, 0.6) is 5.75 Å². The van der Waals surface area contributed by atoms with Gasteiger partial charge in [0, 0.05) is 5.56 Å². The van der Waals surface area contributed by atoms with Gasteiger partial charge in [0.25, 0.3) is 6.29 Å². The summed E-state index contributed by atoms with van der Waals surface area (Å²) in [5.41, 5.74) is 0.519. The normalized spacial score (nSPS) is 21.4. The molecule has 5 heteroatoms. The molecular weight excluding hydrogens is 371 g/mol. The minimum absolute atomic E-state index is 0.0480. The summed E-state index contributed by atoms with van der Waals surface area (Å²) in [6.45, 7) is 3.98. The Balaban J connectivity index is 1.78. The van der Waals surface area contributed by atoms with Gasteiger partial charge in [-0.05, 0) is 29.5 Å². The molecule has 3 atom stereocenters. The van der Waals surface area contributed by atoms with E-state index in [1.807, 2.05) is 74.5 Å². The zero-order valence-corrected chi connectivity index (χ0v) is 16.1. The molecule has 0 saturated heterocycles. The Morgan fingerprint density at radius 1 is 1.04 bits per heavy atom. The van der Waals surface area contributed by atoms with Gasteiger partial charge in [-0.1, -0.05) is 85.6 Å². The third-order valence-electron chi connectivity index (χ3n) is 4.75. The molecule has 0 spiro atoms. The Morgan fingerprint density at radius 2 is 1.62 bits per heavy atom. The first kappa shape index (κ1) is 18.8. The number of hydrogen-bond donors (Lipinski definition) is 0. The molecule has 0 bridgehead atoms. The number of rotatable bonds is 6. The van der Waals surface area contributed by atoms with E-state index in [9.17, 15) is 4.79 Å². The molecular formula is C21H20Cl2O3. The van der Waals surface area contributed by atoms with E-state index in [1.165, 1.54) is 0 Å². The van der Waals surface area contributed by atoms with Gasteiger partial charge >= 0.3 is 5.97 Å². The quantitative estimate of drug-likeness (QED) is 0.454. The van der Waals surface area contributed by atoms with Crippen molar-refractivity contribution in [2.45, 2.75) is 20.1 Å². The topological polar surface area (TPSA) is 35.5 Å². The fourth-order valence-corrected chi connectivity index (χ4v) is 3.42. The highest BCUT2D eigenvalue weighted by atomic mass is 35.5. The lowest BCUT2D eigenvalue weighted by Gasteiger charge is -2.20. The van der Waals surface area contributed by atoms with Crippen molar-refractivity contribution in [2.24, 2.45) is 17.3 Å². The summed E-state index contributed by atoms with van der Waals surface area (Å²) >= 11 is 11.5. The van der Waals surface area contributed by atoms with Crippen LogP contribution >= 0.6 is 23.2 Å². The molecule has 136 valence electrons. The molecule has 0 heterocycles. The summed E-state index contributed by atoms with van der Waals surface area (Å²) in [7, 11) is 0. The molecule has 1 saturated carbocycles. The van der Waals surface area contributed by atoms with Gasteiger partial charge < -0.3 is 9.47 Å². The van der Waals surface area contributed by atoms with Crippen LogP contribution in [-0.2, 0) is 9.53 Å². The minimum Gasteiger partial charge on any atom is -0.450 e. The summed E-state index contributed by atoms with van der Waals surface area (Å²) in [6.07, 6.45) is 0.878. The van der Waals surface area contributed by atoms with Crippen molar-refractivity contribution in [3.05, 3.63) is 76.8 Å². The highest BCUT2D eigenvalue weighted by Crippen LogP contribution is 2.60. The van der Waals surface area contributed by atoms with E-state index in [0.29, 0.717) is 5.75 Å². The lowest BCUT2D eigenvalue weighted by Crippen LogP contribution is -2.19. The number of hydrogen-bond acceptors (Lipinski definition) is 3. The fourth-order valence-electron chi connectivity index (χ4n) is 3.15. The van der Waals surface area contributed by atoms with Crippen LogP contribution < -0.4 is 4.74 Å². The molecule has 0 N–H and O–H groups in total. The SMILES string of the molecule is CC1(C)[C@H](C=C(Cl)Cl)[C@@H]1C(=O)OC(Oc1ccccc1)c1ccccc1. The van der Waals surface area contributed by atoms with E-state index in [-0.39, 0.29) is 27.7 Å². The number of carbonyl (C=O) groups excluding carboxylic acids is 1. The van der Waals surface area contributed by atoms with Gasteiger partial charge in [-0.3, -0.25) is 4.79 Å². The van der Waals surface area contributed by atoms with Crippen LogP contribution in [0.1, 0.15) is 25.7 Å². The maximum absolute atomic E-state index is 12.8. The summed E-state index contributed by atoms with van der Waals surface area (Å²) in [5.74, 6) is -0.0474. The number of halogens is 2. The van der Waals surface area contributed by atoms with Crippen molar-refractivity contribution in [1.82, 2.24) is 0 Å². The van der Waals surface area contributed by atoms with Crippen LogP contribution in [0.2, 0.25) is 0 Å². The van der Waals surface area contributed by atoms with Crippen molar-refractivity contribution < 1.29 is 14.3 Å². The highest BCUT2D eigenvalue weighted by Gasteiger charge is 2.62. The number of para-hydroxylation sites is 1. The lowest BCUT2D eigenvalue weighted by molar-refractivity contribution is -0.167. The molecule has 0 radical (unpaired) electrons. The van der Waals surface area contributed by atoms with Crippen LogP contribution in [0.3, 0.4) is 0 Å². The van der Waals surface area contributed by atoms with Gasteiger partial charge in [0.05, 0.1) is 5.92 Å². The van der Waals surface area contributed by atoms with Gasteiger partial charge in [0.15, 0.2) is 0 Å². The first-order valence-corrected chi connectivity index (χ1v) is 9.15. The second-order valence-corrected chi connectivity index (χ2v) is 7.90. The monoisotopic (exact) mass is 390 g/mol. The average molecular weight is 391 g/mol. The minimum atomic E-state index is -0.821. The number of carbonyl (C=O) groups is 1. The number of allylic oxidation sites excluding steroid dienone is 1. The average Bonchev–Trinajstić information content (AvgIpc) is 3.15. The van der Waals surface area contributed by atoms with Gasteiger partial charge in [-0.15, -0.1) is 0 Å². The molecule has 2 aromatic rings. The van der Waals surface area contributed by atoms with Crippen molar-refractivity contribution in [2.75, 3.05) is 0 Å². The van der Waals surface area contributed by atoms with Crippen LogP contribution in [0, 0.1) is 17.3 Å². The maximum Gasteiger partial charge on any atom is 0.313 e. The Bertz CT molecular complexity index is 783. The number of benzene rings is 2. The Labute approximate surface area is 163 Å². The van der Waals surface area contributed by atoms with E-state index < -0.39 is 6.29 Å². The standard InChI is InChI=1S/C21H20Cl2O3/c1-21(2)16(13-17(22)23)18(21)19(24)26-20(14-9-5-3-6-10-14)25-15-11-7-4-8-12-15/h3-13,16,18,20H,1-2H3/t16-,18-,20?/m1/s1. The lowest BCUT2D eigenvalue weighted by atomic mass is 10.1. The predicted octanol–water partition coefficient (Wildman–Crippen LogP) is 5.90. The predicted molar refractivity (Wildman–Crippen MR) is 103 cm³/mol. The number of esters is 1. The first-order valence-electron chi connectivity index (χ1n) is 8.39. The number of ether oxygens (including phenoxy) is 2. The van der Waals surface area contributed by atoms with Gasteiger partial charge in [-0.25, -0.2) is 0 Å². The van der Waals surface area contributed by atoms with E-state index >= 15 is 0 Å². The molecule has 0 aromatic heterocycles. The van der Waals surface area contributed by atoms with Crippen molar-refractivity contribution in [3.63, 3.8) is 0 Å². The van der Waals surface area contributed by atoms with Crippen LogP contribution in [0.4, 0.5) is 0 Å². The zero-order valence-electron chi connectivity index (χ0n) is 14.6. The zero-order chi connectivity index (χ0) is 18.7. The second kappa shape index (κ2) is 7.73. The molecule has 3 nitrogen and oxygen atoms in total. The third-order valence-corrected chi connectivity index (χ3v) is 5.00. The Kier molecular flexibility index (Phi) is 5.59. The molecule has 1 aliphatic carbocycles. The summed E-state index contributed by atoms with van der Waals surface area (Å²) in [5, 5.41) is 0. The van der Waals surface area contributed by atoms with E-state index in [2.05, 4.69) is 0 Å².